The van der Waals surface area contributed by atoms with Crippen LogP contribution in [0.1, 0.15) is 19.3 Å². The van der Waals surface area contributed by atoms with Crippen LogP contribution in [0.5, 0.6) is 0 Å². The molecule has 1 heterocycles. The van der Waals surface area contributed by atoms with Crippen molar-refractivity contribution in [3.63, 3.8) is 0 Å². The normalized spacial score (nSPS) is 10.5. The molecule has 0 radical (unpaired) electrons. The number of aromatic nitrogens is 2. The number of amides is 1. The molecule has 0 aliphatic heterocycles. The van der Waals surface area contributed by atoms with Gasteiger partial charge >= 0.3 is 0 Å². The lowest BCUT2D eigenvalue weighted by molar-refractivity contribution is -0.116. The van der Waals surface area contributed by atoms with E-state index in [2.05, 4.69) is 20.8 Å². The second-order valence-electron chi connectivity index (χ2n) is 6.51. The van der Waals surface area contributed by atoms with Gasteiger partial charge < -0.3 is 15.7 Å². The number of rotatable bonds is 9. The number of carbonyl (C=O) groups is 1. The van der Waals surface area contributed by atoms with E-state index in [9.17, 15) is 9.59 Å². The number of aliphatic hydroxyl groups excluding tert-OH is 1. The maximum atomic E-state index is 12.2. The predicted octanol–water partition coefficient (Wildman–Crippen LogP) is 2.70. The first-order valence-electron chi connectivity index (χ1n) is 9.38. The van der Waals surface area contributed by atoms with Crippen molar-refractivity contribution in [1.82, 2.24) is 15.5 Å². The molecule has 1 amide bonds. The van der Waals surface area contributed by atoms with Gasteiger partial charge in [0, 0.05) is 29.6 Å². The molecule has 0 unspecified atom stereocenters. The molecule has 3 aromatic rings. The summed E-state index contributed by atoms with van der Waals surface area (Å²) < 4.78 is 0. The summed E-state index contributed by atoms with van der Waals surface area (Å²) in [6.45, 7) is 1.48. The molecule has 154 valence electrons. The van der Waals surface area contributed by atoms with Crippen molar-refractivity contribution in [2.75, 3.05) is 25.0 Å². The number of anilines is 1. The molecule has 0 aliphatic carbocycles. The van der Waals surface area contributed by atoms with Crippen LogP contribution in [-0.2, 0) is 4.79 Å². The number of carbonyl (C=O) groups excluding carboxylic acids is 1. The van der Waals surface area contributed by atoms with E-state index in [1.54, 1.807) is 6.07 Å². The molecular weight excluding hydrogens is 392 g/mol. The quantitative estimate of drug-likeness (QED) is 0.401. The van der Waals surface area contributed by atoms with Crippen LogP contribution < -0.4 is 16.2 Å². The number of H-pyrrole nitrogens is 1. The van der Waals surface area contributed by atoms with Gasteiger partial charge in [-0.1, -0.05) is 30.3 Å². The minimum Gasteiger partial charge on any atom is -0.395 e. The van der Waals surface area contributed by atoms with Crippen molar-refractivity contribution in [1.29, 1.82) is 0 Å². The highest BCUT2D eigenvalue weighted by atomic mass is 35.5. The first-order valence-corrected chi connectivity index (χ1v) is 9.38. The second-order valence-corrected chi connectivity index (χ2v) is 6.51. The summed E-state index contributed by atoms with van der Waals surface area (Å²) >= 11 is 0. The molecule has 0 bridgehead atoms. The van der Waals surface area contributed by atoms with Crippen LogP contribution in [0.4, 0.5) is 5.69 Å². The van der Waals surface area contributed by atoms with E-state index in [1.807, 2.05) is 42.5 Å². The Kier molecular flexibility index (Phi) is 8.79. The molecule has 4 N–H and O–H groups in total. The summed E-state index contributed by atoms with van der Waals surface area (Å²) in [5, 5.41) is 22.8. The van der Waals surface area contributed by atoms with Gasteiger partial charge in [-0.3, -0.25) is 9.59 Å². The van der Waals surface area contributed by atoms with Gasteiger partial charge in [0.05, 0.1) is 17.7 Å². The minimum absolute atomic E-state index is 0. The number of aromatic amines is 1. The zero-order valence-corrected chi connectivity index (χ0v) is 16.8. The van der Waals surface area contributed by atoms with Gasteiger partial charge in [0.15, 0.2) is 0 Å². The molecule has 29 heavy (non-hydrogen) atoms. The number of fused-ring (bicyclic) bond motifs is 1. The average Bonchev–Trinajstić information content (AvgIpc) is 2.71. The highest BCUT2D eigenvalue weighted by Gasteiger charge is 2.09. The Morgan fingerprint density at radius 1 is 1.03 bits per heavy atom. The maximum absolute atomic E-state index is 12.2. The molecule has 7 nitrogen and oxygen atoms in total. The number of unbranched alkanes of at least 4 members (excludes halogenated alkanes) is 1. The zero-order chi connectivity index (χ0) is 19.8. The number of nitrogens with zero attached hydrogens (tertiary/aromatic N) is 1. The van der Waals surface area contributed by atoms with E-state index < -0.39 is 0 Å². The Bertz CT molecular complexity index is 1010. The summed E-state index contributed by atoms with van der Waals surface area (Å²) in [5.41, 5.74) is 1.95. The Labute approximate surface area is 175 Å². The smallest absolute Gasteiger partial charge is 0.272 e. The van der Waals surface area contributed by atoms with Gasteiger partial charge in [0.1, 0.15) is 0 Å². The molecular formula is C21H25ClN4O3. The Morgan fingerprint density at radius 2 is 1.83 bits per heavy atom. The lowest BCUT2D eigenvalue weighted by Gasteiger charge is -2.09. The van der Waals surface area contributed by atoms with Crippen LogP contribution in [0.2, 0.25) is 0 Å². The number of halogens is 1. The number of hydrogen-bond donors (Lipinski definition) is 4. The molecule has 8 heteroatoms. The van der Waals surface area contributed by atoms with Crippen molar-refractivity contribution in [2.24, 2.45) is 0 Å². The Hall–Kier alpha value is -2.74. The number of aliphatic hydroxyl groups is 1. The summed E-state index contributed by atoms with van der Waals surface area (Å²) in [5.74, 6) is -0.0430. The van der Waals surface area contributed by atoms with Crippen molar-refractivity contribution in [3.05, 3.63) is 58.9 Å². The molecule has 0 saturated carbocycles. The second kappa shape index (κ2) is 11.3. The zero-order valence-electron chi connectivity index (χ0n) is 16.0. The van der Waals surface area contributed by atoms with Crippen LogP contribution in [-0.4, -0.2) is 40.9 Å². The highest BCUT2D eigenvalue weighted by Crippen LogP contribution is 2.26. The van der Waals surface area contributed by atoms with Crippen molar-refractivity contribution in [2.45, 2.75) is 19.3 Å². The largest absolute Gasteiger partial charge is 0.395 e. The minimum atomic E-state index is -0.225. The van der Waals surface area contributed by atoms with Crippen LogP contribution in [0.15, 0.2) is 53.3 Å². The summed E-state index contributed by atoms with van der Waals surface area (Å²) in [7, 11) is 0. The van der Waals surface area contributed by atoms with Gasteiger partial charge in [0.25, 0.3) is 5.56 Å². The van der Waals surface area contributed by atoms with Gasteiger partial charge in [-0.15, -0.1) is 12.4 Å². The SMILES string of the molecule is Cl.O=C(CCCCNCCO)Nc1cccc(-c2n[nH]c(=O)c3ccccc23)c1. The topological polar surface area (TPSA) is 107 Å². The fourth-order valence-corrected chi connectivity index (χ4v) is 3.04. The van der Waals surface area contributed by atoms with Gasteiger partial charge in [-0.2, -0.15) is 5.10 Å². The fraction of sp³-hybridized carbons (Fsp3) is 0.286. The lowest BCUT2D eigenvalue weighted by Crippen LogP contribution is -2.19. The third kappa shape index (κ3) is 6.12. The molecule has 0 spiro atoms. The van der Waals surface area contributed by atoms with Crippen molar-refractivity contribution < 1.29 is 9.90 Å². The summed E-state index contributed by atoms with van der Waals surface area (Å²) in [6.07, 6.45) is 2.09. The van der Waals surface area contributed by atoms with E-state index in [1.165, 1.54) is 0 Å². The fourth-order valence-electron chi connectivity index (χ4n) is 3.04. The van der Waals surface area contributed by atoms with E-state index in [0.717, 1.165) is 30.3 Å². The summed E-state index contributed by atoms with van der Waals surface area (Å²) in [4.78, 5) is 24.1. The van der Waals surface area contributed by atoms with Crippen molar-refractivity contribution in [3.8, 4) is 11.3 Å². The number of hydrogen-bond acceptors (Lipinski definition) is 5. The van der Waals surface area contributed by atoms with E-state index >= 15 is 0 Å². The predicted molar refractivity (Wildman–Crippen MR) is 117 cm³/mol. The Morgan fingerprint density at radius 3 is 2.62 bits per heavy atom. The van der Waals surface area contributed by atoms with E-state index in [4.69, 9.17) is 5.11 Å². The molecule has 1 aromatic heterocycles. The summed E-state index contributed by atoms with van der Waals surface area (Å²) in [6, 6.07) is 14.8. The first-order chi connectivity index (χ1) is 13.7. The average molecular weight is 417 g/mol. The third-order valence-corrected chi connectivity index (χ3v) is 4.41. The van der Waals surface area contributed by atoms with Crippen LogP contribution in [0, 0.1) is 0 Å². The molecule has 3 rings (SSSR count). The molecule has 2 aromatic carbocycles. The highest BCUT2D eigenvalue weighted by molar-refractivity contribution is 5.95. The van der Waals surface area contributed by atoms with Crippen LogP contribution in [0.3, 0.4) is 0 Å². The Balaban J connectivity index is 0.00000300. The van der Waals surface area contributed by atoms with E-state index in [0.29, 0.717) is 29.7 Å². The number of benzene rings is 2. The third-order valence-electron chi connectivity index (χ3n) is 4.41. The standard InChI is InChI=1S/C21H24N4O3.ClH/c26-13-12-22-11-4-3-10-19(27)23-16-7-5-6-15(14-16)20-17-8-1-2-9-18(17)21(28)25-24-20;/h1-2,5-9,14,22,26H,3-4,10-13H2,(H,23,27)(H,25,28);1H. The van der Waals surface area contributed by atoms with Crippen LogP contribution >= 0.6 is 12.4 Å². The molecule has 0 fully saturated rings. The molecule has 0 atom stereocenters. The van der Waals surface area contributed by atoms with Crippen molar-refractivity contribution >= 4 is 34.8 Å². The van der Waals surface area contributed by atoms with Gasteiger partial charge in [-0.05, 0) is 37.6 Å². The molecule has 0 saturated heterocycles. The monoisotopic (exact) mass is 416 g/mol. The maximum Gasteiger partial charge on any atom is 0.272 e. The van der Waals surface area contributed by atoms with E-state index in [-0.39, 0.29) is 30.5 Å². The number of nitrogens with one attached hydrogen (secondary N) is 3. The molecule has 0 aliphatic rings. The first kappa shape index (κ1) is 22.5. The lowest BCUT2D eigenvalue weighted by atomic mass is 10.0. The van der Waals surface area contributed by atoms with Crippen LogP contribution in [0.25, 0.3) is 22.0 Å². The van der Waals surface area contributed by atoms with Gasteiger partial charge in [0.2, 0.25) is 5.91 Å². The van der Waals surface area contributed by atoms with Gasteiger partial charge in [-0.25, -0.2) is 5.10 Å².